The van der Waals surface area contributed by atoms with Crippen LogP contribution in [0, 0.1) is 11.3 Å². The van der Waals surface area contributed by atoms with Crippen molar-refractivity contribution in [3.05, 3.63) is 90.5 Å². The number of nitrogens with zero attached hydrogens (tertiary/aromatic N) is 1. The summed E-state index contributed by atoms with van der Waals surface area (Å²) in [6, 6.07) is 22.9. The third kappa shape index (κ3) is 9.91. The van der Waals surface area contributed by atoms with E-state index in [0.717, 1.165) is 5.56 Å². The van der Waals surface area contributed by atoms with E-state index in [1.807, 2.05) is 18.2 Å². The molecule has 1 atom stereocenters. The molecule has 0 spiro atoms. The van der Waals surface area contributed by atoms with Crippen molar-refractivity contribution < 1.29 is 51.0 Å². The third-order valence-corrected chi connectivity index (χ3v) is 9.14. The summed E-state index contributed by atoms with van der Waals surface area (Å²) in [6.45, 7) is 1.12. The van der Waals surface area contributed by atoms with Crippen LogP contribution in [0.5, 0.6) is 23.0 Å². The number of halogens is 3. The number of rotatable bonds is 9. The van der Waals surface area contributed by atoms with Crippen LogP contribution in [-0.4, -0.2) is 59.7 Å². The minimum Gasteiger partial charge on any atom is -0.475 e. The fourth-order valence-electron chi connectivity index (χ4n) is 4.68. The van der Waals surface area contributed by atoms with E-state index in [9.17, 15) is 22.5 Å². The molecule has 1 fully saturated rings. The molecule has 0 aliphatic carbocycles. The van der Waals surface area contributed by atoms with Gasteiger partial charge in [-0.3, -0.25) is 10.2 Å². The maximum absolute atomic E-state index is 14.7. The van der Waals surface area contributed by atoms with Gasteiger partial charge >= 0.3 is 19.7 Å². The van der Waals surface area contributed by atoms with Gasteiger partial charge in [0.05, 0.1) is 0 Å². The van der Waals surface area contributed by atoms with Gasteiger partial charge in [-0.25, -0.2) is 9.36 Å². The van der Waals surface area contributed by atoms with Gasteiger partial charge in [0.15, 0.2) is 23.2 Å². The molecule has 3 aromatic carbocycles. The number of carbonyl (C=O) groups excluding carboxylic acids is 1. The van der Waals surface area contributed by atoms with Crippen LogP contribution in [0.3, 0.4) is 0 Å². The van der Waals surface area contributed by atoms with Crippen LogP contribution in [0.4, 0.5) is 13.2 Å². The lowest BCUT2D eigenvalue weighted by molar-refractivity contribution is -0.192. The zero-order valence-electron chi connectivity index (χ0n) is 24.8. The molecule has 1 saturated heterocycles. The maximum Gasteiger partial charge on any atom is 0.490 e. The second-order valence-electron chi connectivity index (χ2n) is 10.3. The van der Waals surface area contributed by atoms with Crippen molar-refractivity contribution in [2.24, 2.45) is 11.7 Å². The number of hydrogen-bond acceptors (Lipinski definition) is 8. The van der Waals surface area contributed by atoms with Gasteiger partial charge in [-0.15, -0.1) is 0 Å². The molecule has 5 N–H and O–H groups in total. The first-order valence-electron chi connectivity index (χ1n) is 14.2. The Kier molecular flexibility index (Phi) is 11.4. The fraction of sp³-hybridized carbons (Fsp3) is 0.258. The van der Waals surface area contributed by atoms with Crippen molar-refractivity contribution in [1.82, 2.24) is 10.2 Å². The number of nitrogens with one attached hydrogen (secondary N) is 2. The predicted molar refractivity (Wildman–Crippen MR) is 165 cm³/mol. The van der Waals surface area contributed by atoms with Crippen molar-refractivity contribution in [1.29, 1.82) is 5.41 Å². The number of benzene rings is 3. The summed E-state index contributed by atoms with van der Waals surface area (Å²) in [5.41, 5.74) is 6.44. The number of likely N-dealkylation sites (tertiary alicyclic amines) is 1. The summed E-state index contributed by atoms with van der Waals surface area (Å²) < 4.78 is 69.4. The Hall–Kier alpha value is -5.17. The Labute approximate surface area is 267 Å². The maximum atomic E-state index is 14.7. The highest BCUT2D eigenvalue weighted by molar-refractivity contribution is 7.55. The van der Waals surface area contributed by atoms with Gasteiger partial charge in [-0.2, -0.15) is 13.2 Å². The first kappa shape index (κ1) is 34.7. The summed E-state index contributed by atoms with van der Waals surface area (Å²) in [7, 11) is -4.05. The summed E-state index contributed by atoms with van der Waals surface area (Å²) in [5.74, 6) is -2.50. The second kappa shape index (κ2) is 15.4. The molecule has 3 aromatic rings. The Balaban J connectivity index is 0.000000644. The van der Waals surface area contributed by atoms with E-state index in [2.05, 4.69) is 5.32 Å². The zero-order valence-corrected chi connectivity index (χ0v) is 25.7. The van der Waals surface area contributed by atoms with Crippen molar-refractivity contribution in [2.45, 2.75) is 24.8 Å². The van der Waals surface area contributed by atoms with Crippen LogP contribution in [0.1, 0.15) is 18.4 Å². The molecule has 1 unspecified atom stereocenters. The number of para-hydroxylation sites is 2. The smallest absolute Gasteiger partial charge is 0.475 e. The minimum absolute atomic E-state index is 0.0186. The topological polar surface area (TPSA) is 174 Å². The number of amides is 1. The van der Waals surface area contributed by atoms with E-state index in [0.29, 0.717) is 48.9 Å². The van der Waals surface area contributed by atoms with Crippen LogP contribution in [0.25, 0.3) is 6.08 Å². The number of nitrogens with two attached hydrogens (primary N) is 1. The summed E-state index contributed by atoms with van der Waals surface area (Å²) in [4.78, 5) is 23.9. The first-order valence-corrected chi connectivity index (χ1v) is 15.8. The Morgan fingerprint density at radius 2 is 1.51 bits per heavy atom. The molecule has 5 rings (SSSR count). The largest absolute Gasteiger partial charge is 0.490 e. The van der Waals surface area contributed by atoms with Gasteiger partial charge in [-0.1, -0.05) is 42.5 Å². The summed E-state index contributed by atoms with van der Waals surface area (Å²) in [5, 5.41) is 17.8. The number of carboxylic acid groups (broad SMARTS) is 1. The first-order chi connectivity index (χ1) is 22.3. The SMILES string of the molecule is N=C(N)N1CCC(C(NC(=O)/C=C/c2ccc3c(c2)OCO3)P(=O)(Oc2ccccc2)Oc2ccccc2)CC1.O=C(O)C(F)(F)F. The molecule has 12 nitrogen and oxygen atoms in total. The number of ether oxygens (including phenoxy) is 2. The van der Waals surface area contributed by atoms with Crippen molar-refractivity contribution >= 4 is 31.5 Å². The quantitative estimate of drug-likeness (QED) is 0.0987. The van der Waals surface area contributed by atoms with E-state index in [1.54, 1.807) is 71.6 Å². The number of guanidine groups is 1. The van der Waals surface area contributed by atoms with E-state index >= 15 is 0 Å². The minimum atomic E-state index is -5.08. The highest BCUT2D eigenvalue weighted by atomic mass is 31.2. The van der Waals surface area contributed by atoms with Crippen LogP contribution in [0.2, 0.25) is 0 Å². The molecule has 0 radical (unpaired) electrons. The van der Waals surface area contributed by atoms with Gasteiger partial charge in [0, 0.05) is 19.2 Å². The number of piperidine rings is 1. The number of alkyl halides is 3. The van der Waals surface area contributed by atoms with Crippen molar-refractivity contribution in [3.63, 3.8) is 0 Å². The lowest BCUT2D eigenvalue weighted by Crippen LogP contribution is -2.48. The molecule has 2 heterocycles. The average Bonchev–Trinajstić information content (AvgIpc) is 3.51. The molecule has 0 bridgehead atoms. The summed E-state index contributed by atoms with van der Waals surface area (Å²) >= 11 is 0. The molecule has 250 valence electrons. The molecular formula is C31H32F3N4O8P. The normalized spacial score (nSPS) is 15.3. The van der Waals surface area contributed by atoms with Crippen molar-refractivity contribution in [3.8, 4) is 23.0 Å². The highest BCUT2D eigenvalue weighted by Crippen LogP contribution is 2.55. The molecule has 0 saturated carbocycles. The Morgan fingerprint density at radius 1 is 0.979 bits per heavy atom. The fourth-order valence-corrected chi connectivity index (χ4v) is 6.88. The second-order valence-corrected chi connectivity index (χ2v) is 12.3. The zero-order chi connectivity index (χ0) is 34.0. The van der Waals surface area contributed by atoms with Crippen LogP contribution >= 0.6 is 7.60 Å². The molecule has 16 heteroatoms. The Morgan fingerprint density at radius 3 is 2.02 bits per heavy atom. The van der Waals surface area contributed by atoms with E-state index in [-0.39, 0.29) is 18.7 Å². The van der Waals surface area contributed by atoms with Gasteiger partial charge in [0.1, 0.15) is 11.5 Å². The predicted octanol–water partition coefficient (Wildman–Crippen LogP) is 5.46. The number of carbonyl (C=O) groups is 2. The number of carboxylic acids is 1. The van der Waals surface area contributed by atoms with Crippen LogP contribution in [-0.2, 0) is 14.2 Å². The number of fused-ring (bicyclic) bond motifs is 1. The van der Waals surface area contributed by atoms with Gasteiger partial charge in [0.25, 0.3) is 0 Å². The standard InChI is InChI=1S/C29H31N4O6P.C2HF3O2/c30-29(31)33-17-15-22(16-18-33)28(32-27(34)14-12-21-11-13-25-26(19-21)37-20-36-25)40(35,38-23-7-3-1-4-8-23)39-24-9-5-2-6-10-24;3-2(4,5)1(6)7/h1-14,19,22,28H,15-18,20H2,(H3,30,31)(H,32,34);(H,6,7)/b14-12+;. The number of hydrogen-bond donors (Lipinski definition) is 4. The van der Waals surface area contributed by atoms with E-state index in [1.165, 1.54) is 6.08 Å². The van der Waals surface area contributed by atoms with E-state index < -0.39 is 31.4 Å². The van der Waals surface area contributed by atoms with Crippen molar-refractivity contribution in [2.75, 3.05) is 19.9 Å². The molecule has 1 amide bonds. The Bertz CT molecular complexity index is 1570. The van der Waals surface area contributed by atoms with Crippen LogP contribution < -0.4 is 29.6 Å². The lowest BCUT2D eigenvalue weighted by atomic mass is 9.96. The highest BCUT2D eigenvalue weighted by Gasteiger charge is 2.46. The number of aliphatic carboxylic acids is 1. The average molecular weight is 677 g/mol. The molecule has 2 aliphatic rings. The van der Waals surface area contributed by atoms with Gasteiger partial charge in [0.2, 0.25) is 12.7 Å². The third-order valence-electron chi connectivity index (χ3n) is 6.98. The molecule has 0 aromatic heterocycles. The summed E-state index contributed by atoms with van der Waals surface area (Å²) in [6.07, 6.45) is -1.01. The van der Waals surface area contributed by atoms with Crippen LogP contribution in [0.15, 0.2) is 84.9 Å². The monoisotopic (exact) mass is 676 g/mol. The molecular weight excluding hydrogens is 644 g/mol. The lowest BCUT2D eigenvalue weighted by Gasteiger charge is -2.38. The van der Waals surface area contributed by atoms with E-state index in [4.69, 9.17) is 39.6 Å². The molecule has 47 heavy (non-hydrogen) atoms. The van der Waals surface area contributed by atoms with Gasteiger partial charge in [-0.05, 0) is 66.8 Å². The molecule has 2 aliphatic heterocycles. The van der Waals surface area contributed by atoms with Gasteiger partial charge < -0.3 is 39.6 Å².